The van der Waals surface area contributed by atoms with Gasteiger partial charge in [-0.25, -0.2) is 9.97 Å². The molecule has 0 bridgehead atoms. The monoisotopic (exact) mass is 392 g/mol. The van der Waals surface area contributed by atoms with Gasteiger partial charge in [0.15, 0.2) is 0 Å². The number of nitrogens with zero attached hydrogens (tertiary/aromatic N) is 5. The molecule has 0 atom stereocenters. The molecule has 0 radical (unpaired) electrons. The van der Waals surface area contributed by atoms with E-state index < -0.39 is 0 Å². The minimum Gasteiger partial charge on any atom is -0.347 e. The second-order valence-corrected chi connectivity index (χ2v) is 7.51. The highest BCUT2D eigenvalue weighted by molar-refractivity contribution is 7.17. The van der Waals surface area contributed by atoms with Crippen LogP contribution in [0.1, 0.15) is 5.82 Å². The van der Waals surface area contributed by atoms with Crippen molar-refractivity contribution in [2.45, 2.75) is 13.5 Å². The molecule has 0 fully saturated rings. The molecule has 0 aliphatic heterocycles. The molecule has 142 valence electrons. The highest BCUT2D eigenvalue weighted by Crippen LogP contribution is 2.37. The number of thiophene rings is 1. The summed E-state index contributed by atoms with van der Waals surface area (Å²) in [5, 5.41) is 10.7. The van der Waals surface area contributed by atoms with E-state index in [2.05, 4.69) is 37.9 Å². The van der Waals surface area contributed by atoms with E-state index in [0.717, 1.165) is 32.8 Å². The number of hydrogen-bond acceptors (Lipinski definition) is 6. The second-order valence-electron chi connectivity index (χ2n) is 6.65. The average molecular weight is 392 g/mol. The molecule has 1 amide bonds. The molecule has 7 nitrogen and oxygen atoms in total. The first-order valence-electron chi connectivity index (χ1n) is 8.82. The zero-order chi connectivity index (χ0) is 19.7. The third kappa shape index (κ3) is 3.59. The summed E-state index contributed by atoms with van der Waals surface area (Å²) in [5.74, 6) is 1.42. The fourth-order valence-corrected chi connectivity index (χ4v) is 3.89. The van der Waals surface area contributed by atoms with Gasteiger partial charge >= 0.3 is 0 Å². The number of likely N-dealkylation sites (N-methyl/N-ethyl adjacent to an activating group) is 1. The molecule has 28 heavy (non-hydrogen) atoms. The van der Waals surface area contributed by atoms with Gasteiger partial charge in [0.2, 0.25) is 5.91 Å². The topological polar surface area (TPSA) is 75.9 Å². The SMILES string of the molecule is Cc1nc(Nc2cnn(CC(=O)N(C)C)c2)c2c(-c3ccccc3)csc2n1. The first-order chi connectivity index (χ1) is 13.5. The van der Waals surface area contributed by atoms with Crippen LogP contribution in [0.3, 0.4) is 0 Å². The fraction of sp³-hybridized carbons (Fsp3) is 0.200. The van der Waals surface area contributed by atoms with Gasteiger partial charge in [0.25, 0.3) is 0 Å². The molecule has 4 aromatic rings. The maximum absolute atomic E-state index is 11.9. The lowest BCUT2D eigenvalue weighted by Gasteiger charge is -2.10. The number of carbonyl (C=O) groups is 1. The predicted molar refractivity (Wildman–Crippen MR) is 112 cm³/mol. The Kier molecular flexibility index (Phi) is 4.79. The average Bonchev–Trinajstić information content (AvgIpc) is 3.29. The van der Waals surface area contributed by atoms with Crippen molar-refractivity contribution in [2.24, 2.45) is 0 Å². The quantitative estimate of drug-likeness (QED) is 0.560. The Hall–Kier alpha value is -3.26. The van der Waals surface area contributed by atoms with E-state index in [0.29, 0.717) is 5.82 Å². The molecule has 8 heteroatoms. The van der Waals surface area contributed by atoms with E-state index in [9.17, 15) is 4.79 Å². The summed E-state index contributed by atoms with van der Waals surface area (Å²) in [5.41, 5.74) is 2.99. The Morgan fingerprint density at radius 3 is 2.75 bits per heavy atom. The van der Waals surface area contributed by atoms with Gasteiger partial charge in [-0.05, 0) is 12.5 Å². The number of benzene rings is 1. The Labute approximate surface area is 166 Å². The molecule has 4 rings (SSSR count). The normalized spacial score (nSPS) is 11.0. The van der Waals surface area contributed by atoms with Crippen LogP contribution in [0.25, 0.3) is 21.3 Å². The lowest BCUT2D eigenvalue weighted by molar-refractivity contribution is -0.129. The Morgan fingerprint density at radius 2 is 2.00 bits per heavy atom. The van der Waals surface area contributed by atoms with Crippen molar-refractivity contribution in [1.29, 1.82) is 0 Å². The van der Waals surface area contributed by atoms with Crippen molar-refractivity contribution < 1.29 is 4.79 Å². The van der Waals surface area contributed by atoms with Crippen LogP contribution in [0.5, 0.6) is 0 Å². The van der Waals surface area contributed by atoms with E-state index in [1.54, 1.807) is 47.4 Å². The van der Waals surface area contributed by atoms with Gasteiger partial charge < -0.3 is 10.2 Å². The van der Waals surface area contributed by atoms with Crippen molar-refractivity contribution in [3.8, 4) is 11.1 Å². The summed E-state index contributed by atoms with van der Waals surface area (Å²) in [7, 11) is 3.46. The van der Waals surface area contributed by atoms with Gasteiger partial charge in [0, 0.05) is 31.2 Å². The highest BCUT2D eigenvalue weighted by atomic mass is 32.1. The molecule has 3 aromatic heterocycles. The molecule has 0 spiro atoms. The van der Waals surface area contributed by atoms with Gasteiger partial charge in [-0.1, -0.05) is 30.3 Å². The van der Waals surface area contributed by atoms with Crippen molar-refractivity contribution in [3.05, 3.63) is 53.9 Å². The molecule has 0 aliphatic carbocycles. The van der Waals surface area contributed by atoms with Gasteiger partial charge in [-0.15, -0.1) is 11.3 Å². The number of aromatic nitrogens is 4. The summed E-state index contributed by atoms with van der Waals surface area (Å²) in [6.45, 7) is 2.08. The molecule has 3 heterocycles. The number of rotatable bonds is 5. The van der Waals surface area contributed by atoms with Gasteiger partial charge in [-0.3, -0.25) is 9.48 Å². The molecule has 1 N–H and O–H groups in total. The van der Waals surface area contributed by atoms with Gasteiger partial charge in [0.1, 0.15) is 23.0 Å². The molecule has 0 saturated heterocycles. The van der Waals surface area contributed by atoms with Crippen molar-refractivity contribution in [2.75, 3.05) is 19.4 Å². The Balaban J connectivity index is 1.70. The smallest absolute Gasteiger partial charge is 0.243 e. The van der Waals surface area contributed by atoms with E-state index in [-0.39, 0.29) is 12.5 Å². The fourth-order valence-electron chi connectivity index (χ4n) is 2.90. The predicted octanol–water partition coefficient (Wildman–Crippen LogP) is 3.70. The summed E-state index contributed by atoms with van der Waals surface area (Å²) >= 11 is 1.60. The molecule has 0 aliphatic rings. The molecule has 0 unspecified atom stereocenters. The van der Waals surface area contributed by atoms with Crippen LogP contribution in [-0.2, 0) is 11.3 Å². The Bertz CT molecular complexity index is 1130. The van der Waals surface area contributed by atoms with E-state index in [1.807, 2.05) is 25.1 Å². The van der Waals surface area contributed by atoms with Crippen molar-refractivity contribution >= 4 is 39.0 Å². The van der Waals surface area contributed by atoms with Crippen LogP contribution in [-0.4, -0.2) is 44.7 Å². The van der Waals surface area contributed by atoms with Crippen LogP contribution < -0.4 is 5.32 Å². The zero-order valence-corrected chi connectivity index (χ0v) is 16.7. The maximum atomic E-state index is 11.9. The maximum Gasteiger partial charge on any atom is 0.243 e. The number of carbonyl (C=O) groups excluding carboxylic acids is 1. The van der Waals surface area contributed by atoms with E-state index in [1.165, 1.54) is 0 Å². The summed E-state index contributed by atoms with van der Waals surface area (Å²) < 4.78 is 1.61. The minimum atomic E-state index is -0.0147. The molecular weight excluding hydrogens is 372 g/mol. The van der Waals surface area contributed by atoms with Gasteiger partial charge in [0.05, 0.1) is 17.3 Å². The van der Waals surface area contributed by atoms with E-state index >= 15 is 0 Å². The molecule has 1 aromatic carbocycles. The largest absolute Gasteiger partial charge is 0.347 e. The molecule has 0 saturated carbocycles. The summed E-state index contributed by atoms with van der Waals surface area (Å²) in [6, 6.07) is 10.2. The minimum absolute atomic E-state index is 0.0147. The van der Waals surface area contributed by atoms with Crippen LogP contribution in [0.2, 0.25) is 0 Å². The van der Waals surface area contributed by atoms with Crippen LogP contribution in [0.15, 0.2) is 48.1 Å². The number of anilines is 2. The lowest BCUT2D eigenvalue weighted by Crippen LogP contribution is -2.26. The number of aryl methyl sites for hydroxylation is 1. The first-order valence-corrected chi connectivity index (χ1v) is 9.70. The van der Waals surface area contributed by atoms with Crippen molar-refractivity contribution in [1.82, 2.24) is 24.6 Å². The summed E-state index contributed by atoms with van der Waals surface area (Å²) in [4.78, 5) is 23.6. The molecular formula is C20H20N6OS. The van der Waals surface area contributed by atoms with Crippen LogP contribution >= 0.6 is 11.3 Å². The standard InChI is InChI=1S/C20H20N6OS/c1-13-22-19(24-15-9-21-26(10-15)11-17(27)25(2)3)18-16(12-28-20(18)23-13)14-7-5-4-6-8-14/h4-10,12H,11H2,1-3H3,(H,22,23,24). The number of fused-ring (bicyclic) bond motifs is 1. The van der Waals surface area contributed by atoms with Gasteiger partial charge in [-0.2, -0.15) is 5.10 Å². The van der Waals surface area contributed by atoms with Crippen LogP contribution in [0, 0.1) is 6.92 Å². The van der Waals surface area contributed by atoms with E-state index in [4.69, 9.17) is 0 Å². The first kappa shape index (κ1) is 18.1. The van der Waals surface area contributed by atoms with Crippen molar-refractivity contribution in [3.63, 3.8) is 0 Å². The number of hydrogen-bond donors (Lipinski definition) is 1. The summed E-state index contributed by atoms with van der Waals surface area (Å²) in [6.07, 6.45) is 3.50. The highest BCUT2D eigenvalue weighted by Gasteiger charge is 2.15. The third-order valence-corrected chi connectivity index (χ3v) is 5.19. The lowest BCUT2D eigenvalue weighted by atomic mass is 10.1. The second kappa shape index (κ2) is 7.40. The van der Waals surface area contributed by atoms with Crippen LogP contribution in [0.4, 0.5) is 11.5 Å². The Morgan fingerprint density at radius 1 is 1.21 bits per heavy atom. The third-order valence-electron chi connectivity index (χ3n) is 4.32. The number of nitrogens with one attached hydrogen (secondary N) is 1. The number of amides is 1. The zero-order valence-electron chi connectivity index (χ0n) is 15.9.